The molecule has 0 amide bonds. The molecule has 0 aliphatic heterocycles. The lowest BCUT2D eigenvalue weighted by Crippen LogP contribution is -2.00. The largest absolute Gasteiger partial charge is 0.333 e. The Morgan fingerprint density at radius 1 is 1.32 bits per heavy atom. The summed E-state index contributed by atoms with van der Waals surface area (Å²) in [7, 11) is 0. The molecule has 2 aromatic rings. The van der Waals surface area contributed by atoms with Crippen LogP contribution in [0.4, 0.5) is 17.2 Å². The molecular weight excluding hydrogens is 401 g/mol. The maximum atomic E-state index is 11.0. The quantitative estimate of drug-likeness (QED) is 0.580. The van der Waals surface area contributed by atoms with Gasteiger partial charge in [0.25, 0.3) is 0 Å². The van der Waals surface area contributed by atoms with E-state index in [1.165, 1.54) is 12.3 Å². The fraction of sp³-hybridized carbons (Fsp3) is 0. The molecule has 0 unspecified atom stereocenters. The van der Waals surface area contributed by atoms with Crippen LogP contribution in [-0.4, -0.2) is 9.91 Å². The number of nitrogens with one attached hydrogen (secondary N) is 1. The minimum absolute atomic E-state index is 0.124. The van der Waals surface area contributed by atoms with Crippen LogP contribution in [0.15, 0.2) is 39.4 Å². The minimum Gasteiger partial charge on any atom is -0.333 e. The van der Waals surface area contributed by atoms with Crippen LogP contribution in [-0.2, 0) is 0 Å². The smallest absolute Gasteiger partial charge is 0.312 e. The van der Waals surface area contributed by atoms with Gasteiger partial charge >= 0.3 is 5.69 Å². The Morgan fingerprint density at radius 3 is 2.74 bits per heavy atom. The molecule has 19 heavy (non-hydrogen) atoms. The van der Waals surface area contributed by atoms with E-state index in [0.29, 0.717) is 15.2 Å². The lowest BCUT2D eigenvalue weighted by molar-refractivity contribution is -0.384. The molecule has 0 saturated carbocycles. The highest BCUT2D eigenvalue weighted by Crippen LogP contribution is 2.32. The van der Waals surface area contributed by atoms with Crippen LogP contribution < -0.4 is 5.32 Å². The normalized spacial score (nSPS) is 10.3. The van der Waals surface area contributed by atoms with Crippen molar-refractivity contribution < 1.29 is 4.92 Å². The molecule has 0 atom stereocenters. The Hall–Kier alpha value is -1.18. The van der Waals surface area contributed by atoms with Gasteiger partial charge in [0, 0.05) is 26.2 Å². The van der Waals surface area contributed by atoms with Gasteiger partial charge in [-0.2, -0.15) is 0 Å². The number of pyridine rings is 1. The number of nitro groups is 1. The van der Waals surface area contributed by atoms with Crippen molar-refractivity contribution in [2.45, 2.75) is 0 Å². The summed E-state index contributed by atoms with van der Waals surface area (Å²) in [5.41, 5.74) is 0.478. The third-order valence-electron chi connectivity index (χ3n) is 2.21. The predicted molar refractivity (Wildman–Crippen MR) is 81.0 cm³/mol. The average Bonchev–Trinajstić information content (AvgIpc) is 2.35. The van der Waals surface area contributed by atoms with E-state index < -0.39 is 4.92 Å². The van der Waals surface area contributed by atoms with Crippen LogP contribution in [0.3, 0.4) is 0 Å². The highest BCUT2D eigenvalue weighted by Gasteiger charge is 2.17. The molecule has 8 heteroatoms. The fourth-order valence-corrected chi connectivity index (χ4v) is 2.22. The Labute approximate surface area is 130 Å². The summed E-state index contributed by atoms with van der Waals surface area (Å²) in [5.74, 6) is 0.149. The second-order valence-electron chi connectivity index (χ2n) is 3.53. The predicted octanol–water partition coefficient (Wildman–Crippen LogP) is 4.91. The molecule has 1 aromatic heterocycles. The number of hydrogen-bond acceptors (Lipinski definition) is 4. The van der Waals surface area contributed by atoms with Gasteiger partial charge in [-0.15, -0.1) is 0 Å². The SMILES string of the molecule is O=[N+]([O-])c1cc(Br)cnc1Nc1cc(Cl)ccc1Br. The zero-order chi connectivity index (χ0) is 14.0. The molecule has 0 radical (unpaired) electrons. The molecule has 0 bridgehead atoms. The summed E-state index contributed by atoms with van der Waals surface area (Å²) in [6, 6.07) is 6.49. The minimum atomic E-state index is -0.501. The van der Waals surface area contributed by atoms with Crippen molar-refractivity contribution in [2.24, 2.45) is 0 Å². The van der Waals surface area contributed by atoms with E-state index in [1.807, 2.05) is 0 Å². The van der Waals surface area contributed by atoms with Gasteiger partial charge in [-0.3, -0.25) is 10.1 Å². The summed E-state index contributed by atoms with van der Waals surface area (Å²) >= 11 is 12.4. The molecule has 0 aliphatic carbocycles. The number of rotatable bonds is 3. The molecule has 5 nitrogen and oxygen atoms in total. The van der Waals surface area contributed by atoms with E-state index in [0.717, 1.165) is 4.47 Å². The van der Waals surface area contributed by atoms with Crippen molar-refractivity contribution in [3.63, 3.8) is 0 Å². The van der Waals surface area contributed by atoms with Crippen molar-refractivity contribution in [1.82, 2.24) is 4.98 Å². The van der Waals surface area contributed by atoms with E-state index in [-0.39, 0.29) is 11.5 Å². The summed E-state index contributed by atoms with van der Waals surface area (Å²) in [4.78, 5) is 14.5. The summed E-state index contributed by atoms with van der Waals surface area (Å²) < 4.78 is 1.27. The van der Waals surface area contributed by atoms with Gasteiger partial charge in [-0.05, 0) is 50.1 Å². The van der Waals surface area contributed by atoms with Gasteiger partial charge < -0.3 is 5.32 Å². The summed E-state index contributed by atoms with van der Waals surface area (Å²) in [6.45, 7) is 0. The van der Waals surface area contributed by atoms with Crippen LogP contribution in [0.1, 0.15) is 0 Å². The Balaban J connectivity index is 2.43. The zero-order valence-corrected chi connectivity index (χ0v) is 13.2. The van der Waals surface area contributed by atoms with E-state index in [9.17, 15) is 10.1 Å². The first-order chi connectivity index (χ1) is 8.97. The van der Waals surface area contributed by atoms with Crippen molar-refractivity contribution in [3.8, 4) is 0 Å². The van der Waals surface area contributed by atoms with Gasteiger partial charge in [0.05, 0.1) is 10.6 Å². The lowest BCUT2D eigenvalue weighted by atomic mass is 10.3. The van der Waals surface area contributed by atoms with Gasteiger partial charge in [0.15, 0.2) is 0 Å². The van der Waals surface area contributed by atoms with Crippen molar-refractivity contribution in [2.75, 3.05) is 5.32 Å². The molecule has 1 heterocycles. The molecule has 98 valence electrons. The maximum absolute atomic E-state index is 11.0. The van der Waals surface area contributed by atoms with Crippen LogP contribution >= 0.6 is 43.5 Å². The van der Waals surface area contributed by atoms with Crippen LogP contribution in [0.5, 0.6) is 0 Å². The number of hydrogen-bond donors (Lipinski definition) is 1. The third-order valence-corrected chi connectivity index (χ3v) is 3.57. The first-order valence-corrected chi connectivity index (χ1v) is 6.96. The standard InChI is InChI=1S/C11H6Br2ClN3O2/c12-6-3-10(17(18)19)11(15-5-6)16-9-4-7(14)1-2-8(9)13/h1-5H,(H,15,16). The topological polar surface area (TPSA) is 68.1 Å². The number of benzene rings is 1. The second kappa shape index (κ2) is 5.85. The van der Waals surface area contributed by atoms with E-state index in [2.05, 4.69) is 42.2 Å². The van der Waals surface area contributed by atoms with Crippen molar-refractivity contribution >= 4 is 60.7 Å². The maximum Gasteiger partial charge on any atom is 0.312 e. The van der Waals surface area contributed by atoms with Gasteiger partial charge in [-0.1, -0.05) is 11.6 Å². The Kier molecular flexibility index (Phi) is 4.38. The van der Waals surface area contributed by atoms with E-state index in [4.69, 9.17) is 11.6 Å². The van der Waals surface area contributed by atoms with Crippen molar-refractivity contribution in [1.29, 1.82) is 0 Å². The number of aromatic nitrogens is 1. The summed E-state index contributed by atoms with van der Waals surface area (Å²) in [5, 5.41) is 14.4. The number of nitrogens with zero attached hydrogens (tertiary/aromatic N) is 2. The average molecular weight is 407 g/mol. The van der Waals surface area contributed by atoms with Crippen LogP contribution in [0.25, 0.3) is 0 Å². The lowest BCUT2D eigenvalue weighted by Gasteiger charge is -2.08. The second-order valence-corrected chi connectivity index (χ2v) is 5.73. The zero-order valence-electron chi connectivity index (χ0n) is 9.23. The molecule has 0 aliphatic rings. The van der Waals surface area contributed by atoms with E-state index in [1.54, 1.807) is 18.2 Å². The molecule has 0 fully saturated rings. The molecule has 1 N–H and O–H groups in total. The van der Waals surface area contributed by atoms with Gasteiger partial charge in [-0.25, -0.2) is 4.98 Å². The highest BCUT2D eigenvalue weighted by molar-refractivity contribution is 9.10. The van der Waals surface area contributed by atoms with Crippen LogP contribution in [0, 0.1) is 10.1 Å². The Morgan fingerprint density at radius 2 is 2.05 bits per heavy atom. The van der Waals surface area contributed by atoms with Crippen molar-refractivity contribution in [3.05, 3.63) is 54.5 Å². The third kappa shape index (κ3) is 3.43. The van der Waals surface area contributed by atoms with E-state index >= 15 is 0 Å². The molecule has 0 spiro atoms. The number of halogens is 3. The first-order valence-electron chi connectivity index (χ1n) is 4.99. The Bertz CT molecular complexity index is 652. The van der Waals surface area contributed by atoms with Gasteiger partial charge in [0.1, 0.15) is 0 Å². The van der Waals surface area contributed by atoms with Crippen LogP contribution in [0.2, 0.25) is 5.02 Å². The number of anilines is 2. The summed E-state index contributed by atoms with van der Waals surface area (Å²) in [6.07, 6.45) is 1.48. The molecule has 2 rings (SSSR count). The highest BCUT2D eigenvalue weighted by atomic mass is 79.9. The van der Waals surface area contributed by atoms with Gasteiger partial charge in [0.2, 0.25) is 5.82 Å². The molecule has 1 aromatic carbocycles. The monoisotopic (exact) mass is 405 g/mol. The molecular formula is C11H6Br2ClN3O2. The first kappa shape index (κ1) is 14.2. The molecule has 0 saturated heterocycles. The fourth-order valence-electron chi connectivity index (χ4n) is 1.38.